The van der Waals surface area contributed by atoms with Crippen molar-refractivity contribution in [2.24, 2.45) is 5.92 Å². The third kappa shape index (κ3) is 3.22. The monoisotopic (exact) mass is 339 g/mol. The molecule has 2 aromatic heterocycles. The maximum absolute atomic E-state index is 13.4. The fourth-order valence-electron chi connectivity index (χ4n) is 3.39. The molecule has 0 unspecified atom stereocenters. The summed E-state index contributed by atoms with van der Waals surface area (Å²) >= 11 is 0. The first kappa shape index (κ1) is 15.7. The van der Waals surface area contributed by atoms with E-state index >= 15 is 0 Å². The van der Waals surface area contributed by atoms with Crippen molar-refractivity contribution in [1.82, 2.24) is 19.5 Å². The Balaban J connectivity index is 1.49. The van der Waals surface area contributed by atoms with Crippen LogP contribution in [0.2, 0.25) is 0 Å². The number of aromatic nitrogens is 4. The van der Waals surface area contributed by atoms with Crippen molar-refractivity contribution in [2.45, 2.75) is 19.4 Å². The molecule has 1 aliphatic rings. The number of nitrogens with zero attached hydrogens (tertiary/aromatic N) is 5. The molecule has 1 aliphatic heterocycles. The van der Waals surface area contributed by atoms with Crippen molar-refractivity contribution in [2.75, 3.05) is 18.0 Å². The zero-order valence-electron chi connectivity index (χ0n) is 13.7. The highest BCUT2D eigenvalue weighted by atomic mass is 19.1. The molecule has 0 radical (unpaired) electrons. The van der Waals surface area contributed by atoms with Gasteiger partial charge in [-0.15, -0.1) is 0 Å². The Morgan fingerprint density at radius 3 is 2.80 bits per heavy atom. The van der Waals surface area contributed by atoms with Crippen molar-refractivity contribution < 1.29 is 4.39 Å². The zero-order chi connectivity index (χ0) is 17.2. The van der Waals surface area contributed by atoms with Gasteiger partial charge >= 0.3 is 0 Å². The van der Waals surface area contributed by atoms with E-state index in [4.69, 9.17) is 0 Å². The summed E-state index contributed by atoms with van der Waals surface area (Å²) in [5.74, 6) is 0.989. The number of hydrogen-bond donors (Lipinski definition) is 0. The Labute approximate surface area is 144 Å². The van der Waals surface area contributed by atoms with Crippen molar-refractivity contribution >= 4 is 16.7 Å². The van der Waals surface area contributed by atoms with Gasteiger partial charge in [0.25, 0.3) is 5.56 Å². The van der Waals surface area contributed by atoms with Crippen LogP contribution < -0.4 is 10.5 Å². The molecule has 128 valence electrons. The average molecular weight is 339 g/mol. The number of fused-ring (bicyclic) bond motifs is 1. The molecular weight excluding hydrogens is 321 g/mol. The molecule has 1 saturated heterocycles. The largest absolute Gasteiger partial charge is 0.356 e. The number of halogens is 1. The first-order valence-corrected chi connectivity index (χ1v) is 8.36. The van der Waals surface area contributed by atoms with E-state index in [-0.39, 0.29) is 11.4 Å². The number of hydrogen-bond acceptors (Lipinski definition) is 5. The second-order valence-electron chi connectivity index (χ2n) is 6.36. The van der Waals surface area contributed by atoms with E-state index in [9.17, 15) is 9.18 Å². The molecule has 25 heavy (non-hydrogen) atoms. The van der Waals surface area contributed by atoms with Crippen LogP contribution in [0.15, 0.2) is 47.9 Å². The lowest BCUT2D eigenvalue weighted by Crippen LogP contribution is -2.36. The highest BCUT2D eigenvalue weighted by molar-refractivity contribution is 5.89. The lowest BCUT2D eigenvalue weighted by molar-refractivity contribution is 0.350. The predicted octanol–water partition coefficient (Wildman–Crippen LogP) is 2.24. The lowest BCUT2D eigenvalue weighted by atomic mass is 9.96. The van der Waals surface area contributed by atoms with Crippen LogP contribution in [0.3, 0.4) is 0 Å². The maximum atomic E-state index is 13.4. The summed E-state index contributed by atoms with van der Waals surface area (Å²) in [6, 6.07) is 6.10. The molecule has 0 spiro atoms. The average Bonchev–Trinajstić information content (AvgIpc) is 2.63. The molecule has 0 bridgehead atoms. The first-order valence-electron chi connectivity index (χ1n) is 8.36. The molecule has 7 heteroatoms. The fraction of sp³-hybridized carbons (Fsp3) is 0.333. The maximum Gasteiger partial charge on any atom is 0.253 e. The van der Waals surface area contributed by atoms with Gasteiger partial charge in [-0.05, 0) is 30.9 Å². The molecule has 0 N–H and O–H groups in total. The summed E-state index contributed by atoms with van der Waals surface area (Å²) in [4.78, 5) is 26.6. The Kier molecular flexibility index (Phi) is 4.13. The Morgan fingerprint density at radius 1 is 1.16 bits per heavy atom. The minimum atomic E-state index is -0.294. The molecule has 0 amide bonds. The third-order valence-corrected chi connectivity index (χ3v) is 4.74. The van der Waals surface area contributed by atoms with Crippen LogP contribution in [-0.4, -0.2) is 32.6 Å². The zero-order valence-corrected chi connectivity index (χ0v) is 13.7. The highest BCUT2D eigenvalue weighted by Gasteiger charge is 2.22. The third-order valence-electron chi connectivity index (χ3n) is 4.74. The van der Waals surface area contributed by atoms with Gasteiger partial charge in [-0.25, -0.2) is 19.3 Å². The Bertz CT molecular complexity index is 949. The molecule has 3 heterocycles. The van der Waals surface area contributed by atoms with Crippen LogP contribution in [0, 0.1) is 11.7 Å². The van der Waals surface area contributed by atoms with Gasteiger partial charge in [-0.2, -0.15) is 0 Å². The van der Waals surface area contributed by atoms with Crippen LogP contribution in [0.1, 0.15) is 12.8 Å². The summed E-state index contributed by atoms with van der Waals surface area (Å²) in [7, 11) is 0. The number of anilines is 1. The highest BCUT2D eigenvalue weighted by Crippen LogP contribution is 2.28. The van der Waals surface area contributed by atoms with Gasteiger partial charge in [0.2, 0.25) is 0 Å². The summed E-state index contributed by atoms with van der Waals surface area (Å²) in [6.45, 7) is 2.39. The van der Waals surface area contributed by atoms with Gasteiger partial charge in [-0.3, -0.25) is 9.36 Å². The molecular formula is C18H18FN5O. The van der Waals surface area contributed by atoms with Gasteiger partial charge in [0.05, 0.1) is 11.8 Å². The number of rotatable bonds is 3. The van der Waals surface area contributed by atoms with Crippen LogP contribution in [0.4, 0.5) is 10.2 Å². The van der Waals surface area contributed by atoms with Crippen LogP contribution in [0.25, 0.3) is 10.9 Å². The predicted molar refractivity (Wildman–Crippen MR) is 92.9 cm³/mol. The van der Waals surface area contributed by atoms with Crippen LogP contribution in [-0.2, 0) is 6.54 Å². The quantitative estimate of drug-likeness (QED) is 0.732. The Morgan fingerprint density at radius 2 is 2.00 bits per heavy atom. The summed E-state index contributed by atoms with van der Waals surface area (Å²) in [6.07, 6.45) is 6.53. The molecule has 0 saturated carbocycles. The SMILES string of the molecule is O=c1ccncn1CC1CCN(c2ncnc3cc(F)ccc23)CC1. The molecule has 1 fully saturated rings. The molecule has 3 aromatic rings. The van der Waals surface area contributed by atoms with E-state index in [0.717, 1.165) is 37.1 Å². The molecule has 0 aliphatic carbocycles. The normalized spacial score (nSPS) is 15.6. The number of piperidine rings is 1. The fourth-order valence-corrected chi connectivity index (χ4v) is 3.39. The van der Waals surface area contributed by atoms with E-state index < -0.39 is 0 Å². The lowest BCUT2D eigenvalue weighted by Gasteiger charge is -2.33. The summed E-state index contributed by atoms with van der Waals surface area (Å²) in [5, 5.41) is 0.867. The Hall–Kier alpha value is -2.83. The van der Waals surface area contributed by atoms with E-state index in [1.54, 1.807) is 17.0 Å². The standard InChI is InChI=1S/C18H18FN5O/c19-14-1-2-15-16(9-14)21-11-22-18(15)23-7-4-13(5-8-23)10-24-12-20-6-3-17(24)25/h1-3,6,9,11-13H,4-5,7-8,10H2. The second-order valence-corrected chi connectivity index (χ2v) is 6.36. The molecule has 4 rings (SSSR count). The minimum absolute atomic E-state index is 0.0127. The van der Waals surface area contributed by atoms with Crippen LogP contribution >= 0.6 is 0 Å². The smallest absolute Gasteiger partial charge is 0.253 e. The van der Waals surface area contributed by atoms with E-state index in [2.05, 4.69) is 19.9 Å². The summed E-state index contributed by atoms with van der Waals surface area (Å²) in [5.41, 5.74) is 0.607. The van der Waals surface area contributed by atoms with Crippen molar-refractivity contribution in [3.8, 4) is 0 Å². The van der Waals surface area contributed by atoms with E-state index in [1.807, 2.05) is 0 Å². The van der Waals surface area contributed by atoms with Crippen molar-refractivity contribution in [3.63, 3.8) is 0 Å². The van der Waals surface area contributed by atoms with E-state index in [1.165, 1.54) is 30.7 Å². The van der Waals surface area contributed by atoms with Gasteiger partial charge in [0, 0.05) is 43.4 Å². The van der Waals surface area contributed by atoms with Gasteiger partial charge in [0.15, 0.2) is 0 Å². The molecule has 0 atom stereocenters. The molecule has 6 nitrogen and oxygen atoms in total. The number of benzene rings is 1. The topological polar surface area (TPSA) is 63.9 Å². The summed E-state index contributed by atoms with van der Waals surface area (Å²) < 4.78 is 15.1. The second kappa shape index (κ2) is 6.58. The van der Waals surface area contributed by atoms with Gasteiger partial charge in [0.1, 0.15) is 18.0 Å². The molecule has 1 aromatic carbocycles. The first-order chi connectivity index (χ1) is 12.2. The van der Waals surface area contributed by atoms with Crippen molar-refractivity contribution in [1.29, 1.82) is 0 Å². The van der Waals surface area contributed by atoms with Crippen LogP contribution in [0.5, 0.6) is 0 Å². The van der Waals surface area contributed by atoms with Gasteiger partial charge < -0.3 is 4.90 Å². The minimum Gasteiger partial charge on any atom is -0.356 e. The van der Waals surface area contributed by atoms with Gasteiger partial charge in [-0.1, -0.05) is 0 Å². The van der Waals surface area contributed by atoms with Crippen molar-refractivity contribution in [3.05, 3.63) is 59.3 Å². The van der Waals surface area contributed by atoms with E-state index in [0.29, 0.717) is 18.0 Å².